The van der Waals surface area contributed by atoms with Crippen molar-refractivity contribution >= 4 is 24.1 Å². The number of amides is 1. The lowest BCUT2D eigenvalue weighted by molar-refractivity contribution is -0.115. The molecule has 0 fully saturated rings. The van der Waals surface area contributed by atoms with Gasteiger partial charge in [0.15, 0.2) is 0 Å². The highest BCUT2D eigenvalue weighted by Gasteiger charge is 2.03. The second-order valence-electron chi connectivity index (χ2n) is 3.06. The summed E-state index contributed by atoms with van der Waals surface area (Å²) in [6.45, 7) is 1.53. The number of hydrogen-bond acceptors (Lipinski definition) is 4. The summed E-state index contributed by atoms with van der Waals surface area (Å²) in [6.07, 6.45) is 1.63. The maximum absolute atomic E-state index is 11.4. The highest BCUT2D eigenvalue weighted by atomic mass is 35.5. The van der Waals surface area contributed by atoms with Crippen molar-refractivity contribution < 1.29 is 9.53 Å². The highest BCUT2D eigenvalue weighted by Crippen LogP contribution is 2.01. The van der Waals surface area contributed by atoms with Gasteiger partial charge in [0.2, 0.25) is 5.91 Å². The normalized spacial score (nSPS) is 9.62. The van der Waals surface area contributed by atoms with Crippen LogP contribution < -0.4 is 10.6 Å². The van der Waals surface area contributed by atoms with Gasteiger partial charge in [-0.05, 0) is 0 Å². The number of nitrogens with one attached hydrogen (secondary N) is 2. The van der Waals surface area contributed by atoms with E-state index in [1.807, 2.05) is 0 Å². The van der Waals surface area contributed by atoms with Crippen LogP contribution in [0.4, 0.5) is 5.82 Å². The van der Waals surface area contributed by atoms with Gasteiger partial charge >= 0.3 is 0 Å². The third-order valence-electron chi connectivity index (χ3n) is 1.86. The van der Waals surface area contributed by atoms with E-state index in [2.05, 4.69) is 15.7 Å². The largest absolute Gasteiger partial charge is 0.383 e. The molecule has 92 valence electrons. The molecule has 0 unspecified atom stereocenters. The van der Waals surface area contributed by atoms with Crippen LogP contribution in [0.1, 0.15) is 0 Å². The maximum Gasteiger partial charge on any atom is 0.239 e. The molecule has 0 bridgehead atoms. The molecule has 1 amide bonds. The van der Waals surface area contributed by atoms with Crippen LogP contribution in [0.15, 0.2) is 12.3 Å². The van der Waals surface area contributed by atoms with Crippen molar-refractivity contribution in [3.05, 3.63) is 12.3 Å². The Bertz CT molecular complexity index is 316. The standard InChI is InChI=1S/C9H16N4O2.ClH/c1-13-8(3-4-11-13)12-9(14)7-10-5-6-15-2;/h3-4,10H,5-7H2,1-2H3,(H,12,14);1H. The lowest BCUT2D eigenvalue weighted by Crippen LogP contribution is -2.30. The van der Waals surface area contributed by atoms with Gasteiger partial charge in [-0.25, -0.2) is 0 Å². The Labute approximate surface area is 101 Å². The molecule has 0 radical (unpaired) electrons. The van der Waals surface area contributed by atoms with E-state index in [0.717, 1.165) is 0 Å². The van der Waals surface area contributed by atoms with E-state index in [4.69, 9.17) is 4.74 Å². The molecule has 0 spiro atoms. The van der Waals surface area contributed by atoms with Gasteiger partial charge in [-0.2, -0.15) is 5.10 Å². The molecule has 0 saturated carbocycles. The molecular formula is C9H17ClN4O2. The first kappa shape index (κ1) is 14.9. The van der Waals surface area contributed by atoms with E-state index in [0.29, 0.717) is 19.0 Å². The minimum atomic E-state index is -0.0882. The van der Waals surface area contributed by atoms with E-state index in [1.165, 1.54) is 0 Å². The number of ether oxygens (including phenoxy) is 1. The third kappa shape index (κ3) is 5.11. The molecular weight excluding hydrogens is 232 g/mol. The van der Waals surface area contributed by atoms with Crippen LogP contribution in [0.5, 0.6) is 0 Å². The number of rotatable bonds is 6. The molecule has 0 saturated heterocycles. The second kappa shape index (κ2) is 8.09. The molecule has 16 heavy (non-hydrogen) atoms. The van der Waals surface area contributed by atoms with Gasteiger partial charge in [0.05, 0.1) is 19.3 Å². The lowest BCUT2D eigenvalue weighted by Gasteiger charge is -2.06. The smallest absolute Gasteiger partial charge is 0.239 e. The Morgan fingerprint density at radius 3 is 2.94 bits per heavy atom. The van der Waals surface area contributed by atoms with E-state index in [1.54, 1.807) is 31.1 Å². The molecule has 1 heterocycles. The fraction of sp³-hybridized carbons (Fsp3) is 0.556. The molecule has 6 nitrogen and oxygen atoms in total. The number of carbonyl (C=O) groups is 1. The SMILES string of the molecule is COCCNCC(=O)Nc1ccnn1C.Cl. The molecule has 7 heteroatoms. The number of anilines is 1. The van der Waals surface area contributed by atoms with Crippen molar-refractivity contribution in [3.8, 4) is 0 Å². The Morgan fingerprint density at radius 1 is 1.62 bits per heavy atom. The summed E-state index contributed by atoms with van der Waals surface area (Å²) in [5, 5.41) is 9.62. The summed E-state index contributed by atoms with van der Waals surface area (Å²) in [4.78, 5) is 11.4. The first-order chi connectivity index (χ1) is 7.24. The van der Waals surface area contributed by atoms with Gasteiger partial charge in [-0.15, -0.1) is 12.4 Å². The summed E-state index contributed by atoms with van der Waals surface area (Å²) >= 11 is 0. The predicted octanol–water partition coefficient (Wildman–Crippen LogP) is 0.0164. The van der Waals surface area contributed by atoms with Crippen LogP contribution in [0.25, 0.3) is 0 Å². The number of methoxy groups -OCH3 is 1. The minimum Gasteiger partial charge on any atom is -0.383 e. The molecule has 0 atom stereocenters. The molecule has 2 N–H and O–H groups in total. The first-order valence-electron chi connectivity index (χ1n) is 4.71. The van der Waals surface area contributed by atoms with Crippen LogP contribution in [-0.4, -0.2) is 42.5 Å². The predicted molar refractivity (Wildman–Crippen MR) is 63.8 cm³/mol. The van der Waals surface area contributed by atoms with Crippen molar-refractivity contribution in [3.63, 3.8) is 0 Å². The summed E-state index contributed by atoms with van der Waals surface area (Å²) in [7, 11) is 3.39. The summed E-state index contributed by atoms with van der Waals surface area (Å²) in [6, 6.07) is 1.74. The number of aromatic nitrogens is 2. The Hall–Kier alpha value is -1.11. The van der Waals surface area contributed by atoms with Crippen LogP contribution >= 0.6 is 12.4 Å². The van der Waals surface area contributed by atoms with Gasteiger partial charge in [0.25, 0.3) is 0 Å². The number of carbonyl (C=O) groups excluding carboxylic acids is 1. The van der Waals surface area contributed by atoms with Crippen molar-refractivity contribution in [2.45, 2.75) is 0 Å². The molecule has 0 aromatic carbocycles. The quantitative estimate of drug-likeness (QED) is 0.697. The van der Waals surface area contributed by atoms with E-state index >= 15 is 0 Å². The molecule has 0 aliphatic heterocycles. The van der Waals surface area contributed by atoms with Gasteiger partial charge in [-0.1, -0.05) is 0 Å². The Kier molecular flexibility index (Phi) is 7.53. The second-order valence-corrected chi connectivity index (χ2v) is 3.06. The number of halogens is 1. The average Bonchev–Trinajstić information content (AvgIpc) is 2.59. The molecule has 0 aliphatic rings. The van der Waals surface area contributed by atoms with Crippen molar-refractivity contribution in [1.82, 2.24) is 15.1 Å². The zero-order chi connectivity index (χ0) is 11.1. The van der Waals surface area contributed by atoms with Gasteiger partial charge < -0.3 is 15.4 Å². The van der Waals surface area contributed by atoms with Gasteiger partial charge in [-0.3, -0.25) is 9.48 Å². The lowest BCUT2D eigenvalue weighted by atomic mass is 10.5. The summed E-state index contributed by atoms with van der Waals surface area (Å²) in [5.74, 6) is 0.600. The fourth-order valence-corrected chi connectivity index (χ4v) is 1.06. The maximum atomic E-state index is 11.4. The fourth-order valence-electron chi connectivity index (χ4n) is 1.06. The summed E-state index contributed by atoms with van der Waals surface area (Å²) in [5.41, 5.74) is 0. The first-order valence-corrected chi connectivity index (χ1v) is 4.71. The zero-order valence-electron chi connectivity index (χ0n) is 9.40. The third-order valence-corrected chi connectivity index (χ3v) is 1.86. The average molecular weight is 249 g/mol. The van der Waals surface area contributed by atoms with E-state index in [-0.39, 0.29) is 24.9 Å². The molecule has 1 rings (SSSR count). The van der Waals surface area contributed by atoms with E-state index < -0.39 is 0 Å². The molecule has 1 aromatic heterocycles. The molecule has 0 aliphatic carbocycles. The van der Waals surface area contributed by atoms with Crippen LogP contribution in [0, 0.1) is 0 Å². The highest BCUT2D eigenvalue weighted by molar-refractivity contribution is 5.91. The number of nitrogens with zero attached hydrogens (tertiary/aromatic N) is 2. The van der Waals surface area contributed by atoms with Crippen LogP contribution in [0.3, 0.4) is 0 Å². The Morgan fingerprint density at radius 2 is 2.38 bits per heavy atom. The topological polar surface area (TPSA) is 68.2 Å². The summed E-state index contributed by atoms with van der Waals surface area (Å²) < 4.78 is 6.44. The van der Waals surface area contributed by atoms with Crippen LogP contribution in [0.2, 0.25) is 0 Å². The minimum absolute atomic E-state index is 0. The zero-order valence-corrected chi connectivity index (χ0v) is 10.2. The van der Waals surface area contributed by atoms with Gasteiger partial charge in [0.1, 0.15) is 5.82 Å². The number of aryl methyl sites for hydroxylation is 1. The van der Waals surface area contributed by atoms with Gasteiger partial charge in [0, 0.05) is 26.8 Å². The van der Waals surface area contributed by atoms with E-state index in [9.17, 15) is 4.79 Å². The molecule has 1 aromatic rings. The van der Waals surface area contributed by atoms with Crippen LogP contribution in [-0.2, 0) is 16.6 Å². The Balaban J connectivity index is 0.00000225. The monoisotopic (exact) mass is 248 g/mol. The number of hydrogen-bond donors (Lipinski definition) is 2. The van der Waals surface area contributed by atoms with Crippen molar-refractivity contribution in [2.24, 2.45) is 7.05 Å². The van der Waals surface area contributed by atoms with Crippen molar-refractivity contribution in [1.29, 1.82) is 0 Å². The van der Waals surface area contributed by atoms with Crippen molar-refractivity contribution in [2.75, 3.05) is 32.1 Å².